The monoisotopic (exact) mass is 384 g/mol. The second kappa shape index (κ2) is 9.50. The van der Waals surface area contributed by atoms with Gasteiger partial charge in [0.05, 0.1) is 23.5 Å². The molecule has 4 N–H and O–H groups in total. The van der Waals surface area contributed by atoms with Gasteiger partial charge in [-0.05, 0) is 50.0 Å². The Morgan fingerprint density at radius 3 is 2.75 bits per heavy atom. The number of nitrogens with zero attached hydrogens (tertiary/aromatic N) is 2. The highest BCUT2D eigenvalue weighted by Crippen LogP contribution is 2.24. The predicted molar refractivity (Wildman–Crippen MR) is 105 cm³/mol. The predicted octanol–water partition coefficient (Wildman–Crippen LogP) is 2.07. The molecule has 8 heteroatoms. The van der Waals surface area contributed by atoms with Crippen LogP contribution in [0, 0.1) is 0 Å². The maximum absolute atomic E-state index is 12.7. The first kappa shape index (κ1) is 20.9. The van der Waals surface area contributed by atoms with Crippen LogP contribution >= 0.6 is 0 Å². The van der Waals surface area contributed by atoms with Gasteiger partial charge in [-0.15, -0.1) is 0 Å². The van der Waals surface area contributed by atoms with E-state index in [0.717, 1.165) is 12.8 Å². The van der Waals surface area contributed by atoms with Crippen molar-refractivity contribution < 1.29 is 19.5 Å². The number of likely N-dealkylation sites (tertiary alicyclic amines) is 1. The normalized spacial score (nSPS) is 17.4. The minimum absolute atomic E-state index is 0.0920. The Balaban J connectivity index is 2.12. The number of nitrogens with two attached hydrogens (primary N) is 1. The van der Waals surface area contributed by atoms with E-state index in [1.54, 1.807) is 13.0 Å². The van der Waals surface area contributed by atoms with Crippen LogP contribution in [0.1, 0.15) is 36.5 Å². The second-order valence-corrected chi connectivity index (χ2v) is 6.41. The molecule has 1 aliphatic heterocycles. The zero-order valence-electron chi connectivity index (χ0n) is 15.7. The van der Waals surface area contributed by atoms with Gasteiger partial charge >= 0.3 is 11.8 Å². The number of aliphatic hydroxyl groups excluding tert-OH is 1. The van der Waals surface area contributed by atoms with E-state index in [2.05, 4.69) is 16.9 Å². The van der Waals surface area contributed by atoms with Gasteiger partial charge < -0.3 is 21.1 Å². The summed E-state index contributed by atoms with van der Waals surface area (Å²) in [6.07, 6.45) is 9.65. The highest BCUT2D eigenvalue weighted by Gasteiger charge is 2.31. The lowest BCUT2D eigenvalue weighted by Crippen LogP contribution is -2.48. The zero-order valence-corrected chi connectivity index (χ0v) is 15.7. The summed E-state index contributed by atoms with van der Waals surface area (Å²) < 4.78 is 0. The molecule has 0 bridgehead atoms. The molecule has 0 unspecified atom stereocenters. The molecule has 1 aromatic rings. The van der Waals surface area contributed by atoms with E-state index in [0.29, 0.717) is 18.5 Å². The average molecular weight is 384 g/mol. The minimum Gasteiger partial charge on any atom is -0.508 e. The summed E-state index contributed by atoms with van der Waals surface area (Å²) >= 11 is 0. The van der Waals surface area contributed by atoms with Crippen molar-refractivity contribution in [3.8, 4) is 0 Å². The number of allylic oxidation sites excluding steroid dienone is 2. The number of primary amides is 1. The van der Waals surface area contributed by atoms with Crippen molar-refractivity contribution in [2.24, 2.45) is 5.73 Å². The second-order valence-electron chi connectivity index (χ2n) is 6.41. The van der Waals surface area contributed by atoms with Gasteiger partial charge in [0.2, 0.25) is 5.91 Å². The van der Waals surface area contributed by atoms with Crippen molar-refractivity contribution in [1.82, 2.24) is 9.88 Å². The molecule has 1 fully saturated rings. The van der Waals surface area contributed by atoms with Gasteiger partial charge in [-0.25, -0.2) is 0 Å². The van der Waals surface area contributed by atoms with E-state index in [-0.39, 0.29) is 23.1 Å². The Morgan fingerprint density at radius 1 is 1.32 bits per heavy atom. The number of aliphatic hydroxyl groups is 1. The fourth-order valence-electron chi connectivity index (χ4n) is 2.92. The number of pyridine rings is 1. The number of anilines is 1. The molecule has 3 amide bonds. The van der Waals surface area contributed by atoms with Crippen LogP contribution in [-0.4, -0.2) is 45.3 Å². The number of hydrogen-bond acceptors (Lipinski definition) is 5. The van der Waals surface area contributed by atoms with Crippen molar-refractivity contribution in [2.75, 3.05) is 11.9 Å². The van der Waals surface area contributed by atoms with E-state index in [4.69, 9.17) is 5.73 Å². The molecule has 1 saturated heterocycles. The van der Waals surface area contributed by atoms with Gasteiger partial charge in [-0.2, -0.15) is 0 Å². The molecule has 148 valence electrons. The van der Waals surface area contributed by atoms with E-state index >= 15 is 0 Å². The molecule has 0 radical (unpaired) electrons. The van der Waals surface area contributed by atoms with Crippen molar-refractivity contribution in [3.05, 3.63) is 60.2 Å². The molecule has 0 spiro atoms. The molecule has 1 aromatic heterocycles. The van der Waals surface area contributed by atoms with Gasteiger partial charge in [0.25, 0.3) is 0 Å². The van der Waals surface area contributed by atoms with Gasteiger partial charge in [0.1, 0.15) is 5.76 Å². The maximum atomic E-state index is 12.7. The Morgan fingerprint density at radius 2 is 2.07 bits per heavy atom. The molecule has 1 atom stereocenters. The van der Waals surface area contributed by atoms with Gasteiger partial charge in [0.15, 0.2) is 0 Å². The van der Waals surface area contributed by atoms with Gasteiger partial charge in [-0.1, -0.05) is 12.7 Å². The summed E-state index contributed by atoms with van der Waals surface area (Å²) in [6.45, 7) is 6.11. The lowest BCUT2D eigenvalue weighted by molar-refractivity contribution is -0.145. The fraction of sp³-hybridized carbons (Fsp3) is 0.300. The summed E-state index contributed by atoms with van der Waals surface area (Å²) in [4.78, 5) is 41.7. The number of hydrogen-bond donors (Lipinski definition) is 3. The number of aromatic nitrogens is 1. The van der Waals surface area contributed by atoms with Crippen molar-refractivity contribution in [1.29, 1.82) is 0 Å². The standard InChI is InChI=1S/C20H24N4O4/c1-3-16(25)8-7-13(2)17-6-4-5-9-24(17)20(28)19(27)23-15-10-14(18(21)26)11-22-12-15/h3,7-8,10-12,17,25H,2,4-6,9H2,1H3,(H2,21,26)(H,23,27)/b8-7-,16-3+/t17-/m0/s1. The Bertz CT molecular complexity index is 844. The molecular formula is C20H24N4O4. The largest absolute Gasteiger partial charge is 0.508 e. The zero-order chi connectivity index (χ0) is 20.7. The number of carbonyl (C=O) groups excluding carboxylic acids is 3. The average Bonchev–Trinajstić information content (AvgIpc) is 2.71. The summed E-state index contributed by atoms with van der Waals surface area (Å²) in [6, 6.07) is 1.03. The van der Waals surface area contributed by atoms with Crippen LogP contribution in [0.25, 0.3) is 0 Å². The smallest absolute Gasteiger partial charge is 0.313 e. The van der Waals surface area contributed by atoms with Crippen LogP contribution in [0.4, 0.5) is 5.69 Å². The maximum Gasteiger partial charge on any atom is 0.313 e. The van der Waals surface area contributed by atoms with Crippen LogP contribution in [0.2, 0.25) is 0 Å². The topological polar surface area (TPSA) is 126 Å². The van der Waals surface area contributed by atoms with Crippen LogP contribution < -0.4 is 11.1 Å². The van der Waals surface area contributed by atoms with Gasteiger partial charge in [-0.3, -0.25) is 19.4 Å². The Kier molecular flexibility index (Phi) is 7.08. The van der Waals surface area contributed by atoms with E-state index < -0.39 is 17.7 Å². The van der Waals surface area contributed by atoms with E-state index in [1.807, 2.05) is 0 Å². The summed E-state index contributed by atoms with van der Waals surface area (Å²) in [5.41, 5.74) is 6.16. The molecule has 2 heterocycles. The fourth-order valence-corrected chi connectivity index (χ4v) is 2.92. The summed E-state index contributed by atoms with van der Waals surface area (Å²) in [5, 5.41) is 12.0. The first-order chi connectivity index (χ1) is 13.3. The van der Waals surface area contributed by atoms with Crippen LogP contribution in [0.3, 0.4) is 0 Å². The van der Waals surface area contributed by atoms with Crippen molar-refractivity contribution in [3.63, 3.8) is 0 Å². The number of amides is 3. The van der Waals surface area contributed by atoms with Crippen molar-refractivity contribution in [2.45, 2.75) is 32.2 Å². The third-order valence-corrected chi connectivity index (χ3v) is 4.43. The minimum atomic E-state index is -0.830. The summed E-state index contributed by atoms with van der Waals surface area (Å²) in [5.74, 6) is -2.12. The quantitative estimate of drug-likeness (QED) is 0.407. The molecular weight excluding hydrogens is 360 g/mol. The Hall–Kier alpha value is -3.42. The third kappa shape index (κ3) is 5.29. The number of piperidine rings is 1. The highest BCUT2D eigenvalue weighted by molar-refractivity contribution is 6.39. The summed E-state index contributed by atoms with van der Waals surface area (Å²) in [7, 11) is 0. The highest BCUT2D eigenvalue weighted by atomic mass is 16.3. The van der Waals surface area contributed by atoms with Crippen molar-refractivity contribution >= 4 is 23.4 Å². The number of rotatable bonds is 5. The molecule has 2 rings (SSSR count). The first-order valence-electron chi connectivity index (χ1n) is 8.92. The molecule has 0 aliphatic carbocycles. The lowest BCUT2D eigenvalue weighted by atomic mass is 9.95. The molecule has 0 aromatic carbocycles. The molecule has 28 heavy (non-hydrogen) atoms. The van der Waals surface area contributed by atoms with E-state index in [9.17, 15) is 19.5 Å². The van der Waals surface area contributed by atoms with E-state index in [1.165, 1.54) is 35.5 Å². The lowest BCUT2D eigenvalue weighted by Gasteiger charge is -2.35. The Labute approximate surface area is 163 Å². The molecule has 8 nitrogen and oxygen atoms in total. The first-order valence-corrected chi connectivity index (χ1v) is 8.92. The van der Waals surface area contributed by atoms with Crippen LogP contribution in [0.15, 0.2) is 54.6 Å². The number of nitrogens with one attached hydrogen (secondary N) is 1. The molecule has 0 saturated carbocycles. The SMILES string of the molecule is C=C(/C=C\C(O)=C/C)[C@@H]1CCCCN1C(=O)C(=O)Nc1cncc(C(N)=O)c1. The van der Waals surface area contributed by atoms with Crippen LogP contribution in [-0.2, 0) is 9.59 Å². The molecule has 1 aliphatic rings. The van der Waals surface area contributed by atoms with Crippen LogP contribution in [0.5, 0.6) is 0 Å². The number of carbonyl (C=O) groups is 3. The van der Waals surface area contributed by atoms with Gasteiger partial charge in [0, 0.05) is 12.7 Å². The third-order valence-electron chi connectivity index (χ3n) is 4.43.